The number of carbonyl (C=O) groups excluding carboxylic acids is 3. The van der Waals surface area contributed by atoms with Gasteiger partial charge in [-0.2, -0.15) is 0 Å². The summed E-state index contributed by atoms with van der Waals surface area (Å²) in [5.41, 5.74) is 0. The molecule has 2 atom stereocenters. The van der Waals surface area contributed by atoms with Crippen LogP contribution in [0.15, 0.2) is 24.3 Å². The maximum Gasteiger partial charge on any atom is 0.305 e. The number of Topliss-reactive ketones (excluding diaryl/α,β-unsaturated/α-hetero) is 1. The van der Waals surface area contributed by atoms with Crippen LogP contribution in [-0.4, -0.2) is 50.4 Å². The fraction of sp³-hybridized carbons (Fsp3) is 0.891. The average molecular weight is 1010 g/mol. The number of unbranched alkanes of at least 4 members (excludes halogenated alkanes) is 20. The Hall–Kier alpha value is -1.99. The molecule has 2 unspecified atom stereocenters. The van der Waals surface area contributed by atoms with Gasteiger partial charge in [0, 0.05) is 39.4 Å². The molecule has 0 bridgehead atoms. The molecule has 1 rings (SSSR count). The van der Waals surface area contributed by atoms with Gasteiger partial charge in [0.25, 0.3) is 0 Å². The Morgan fingerprint density at radius 1 is 0.465 bits per heavy atom. The number of hydrogen-bond acceptors (Lipinski definition) is 7. The van der Waals surface area contributed by atoms with Crippen molar-refractivity contribution < 1.29 is 33.3 Å². The zero-order chi connectivity index (χ0) is 53.7. The Balaban J connectivity index is -0.000000502. The first-order valence-corrected chi connectivity index (χ1v) is 30.8. The molecule has 0 radical (unpaired) electrons. The number of rotatable bonds is 45. The Morgan fingerprint density at radius 3 is 1.37 bits per heavy atom. The van der Waals surface area contributed by atoms with Crippen LogP contribution in [0, 0.1) is 17.8 Å². The molecule has 1 fully saturated rings. The van der Waals surface area contributed by atoms with Crippen molar-refractivity contribution in [3.05, 3.63) is 24.3 Å². The van der Waals surface area contributed by atoms with Gasteiger partial charge in [-0.25, -0.2) is 0 Å². The van der Waals surface area contributed by atoms with Crippen LogP contribution in [0.4, 0.5) is 0 Å². The van der Waals surface area contributed by atoms with E-state index in [9.17, 15) is 14.4 Å². The smallest absolute Gasteiger partial charge is 0.305 e. The number of hydrogen-bond donors (Lipinski definition) is 0. The molecule has 1 aliphatic rings. The summed E-state index contributed by atoms with van der Waals surface area (Å²) < 4.78 is 22.2. The molecule has 0 amide bonds. The third kappa shape index (κ3) is 70.1. The van der Waals surface area contributed by atoms with Crippen LogP contribution < -0.4 is 0 Å². The molecule has 0 aromatic rings. The minimum atomic E-state index is -0.194. The third-order valence-electron chi connectivity index (χ3n) is 12.4. The molecular weight excluding hydrogens is 881 g/mol. The molecule has 0 aromatic heterocycles. The molecule has 7 nitrogen and oxygen atoms in total. The van der Waals surface area contributed by atoms with Gasteiger partial charge in [0.2, 0.25) is 0 Å². The number of esters is 2. The Labute approximate surface area is 444 Å². The highest BCUT2D eigenvalue weighted by molar-refractivity contribution is 5.75. The van der Waals surface area contributed by atoms with E-state index in [1.807, 2.05) is 0 Å². The summed E-state index contributed by atoms with van der Waals surface area (Å²) in [5.74, 6) is 2.34. The van der Waals surface area contributed by atoms with Gasteiger partial charge in [-0.1, -0.05) is 241 Å². The van der Waals surface area contributed by atoms with Gasteiger partial charge in [-0.05, 0) is 95.3 Å². The van der Waals surface area contributed by atoms with Crippen LogP contribution in [0.5, 0.6) is 0 Å². The number of allylic oxidation sites excluding steroid dienone is 4. The summed E-state index contributed by atoms with van der Waals surface area (Å²) >= 11 is 0. The van der Waals surface area contributed by atoms with Crippen molar-refractivity contribution in [1.29, 1.82) is 0 Å². The van der Waals surface area contributed by atoms with E-state index in [4.69, 9.17) is 18.9 Å². The van der Waals surface area contributed by atoms with Crippen molar-refractivity contribution >= 4 is 17.7 Å². The molecule has 71 heavy (non-hydrogen) atoms. The van der Waals surface area contributed by atoms with E-state index in [1.54, 1.807) is 6.92 Å². The van der Waals surface area contributed by atoms with Crippen LogP contribution in [0.1, 0.15) is 321 Å². The van der Waals surface area contributed by atoms with Gasteiger partial charge in [-0.3, -0.25) is 9.59 Å². The van der Waals surface area contributed by atoms with Crippen molar-refractivity contribution in [2.24, 2.45) is 17.8 Å². The summed E-state index contributed by atoms with van der Waals surface area (Å²) in [5, 5.41) is 0. The van der Waals surface area contributed by atoms with Gasteiger partial charge in [0.1, 0.15) is 5.78 Å². The number of ketones is 1. The highest BCUT2D eigenvalue weighted by atomic mass is 16.7. The van der Waals surface area contributed by atoms with Crippen LogP contribution in [0.3, 0.4) is 0 Å². The van der Waals surface area contributed by atoms with Gasteiger partial charge in [-0.15, -0.1) is 0 Å². The van der Waals surface area contributed by atoms with E-state index >= 15 is 0 Å². The predicted molar refractivity (Wildman–Crippen MR) is 310 cm³/mol. The molecule has 0 N–H and O–H groups in total. The first-order chi connectivity index (χ1) is 34.5. The van der Waals surface area contributed by atoms with Gasteiger partial charge < -0.3 is 23.7 Å². The Morgan fingerprint density at radius 2 is 0.901 bits per heavy atom. The Kier molecular flexibility index (Phi) is 70.2. The van der Waals surface area contributed by atoms with Crippen LogP contribution in [0.2, 0.25) is 0 Å². The molecule has 0 aromatic carbocycles. The van der Waals surface area contributed by atoms with Crippen LogP contribution in [-0.2, 0) is 33.3 Å². The molecule has 1 aliphatic carbocycles. The zero-order valence-corrected chi connectivity index (χ0v) is 50.0. The van der Waals surface area contributed by atoms with E-state index in [1.165, 1.54) is 180 Å². The van der Waals surface area contributed by atoms with Gasteiger partial charge in [0.15, 0.2) is 6.29 Å². The Bertz CT molecular complexity index is 1080. The van der Waals surface area contributed by atoms with Crippen molar-refractivity contribution in [3.63, 3.8) is 0 Å². The quantitative estimate of drug-likeness (QED) is 0.0260. The van der Waals surface area contributed by atoms with E-state index in [0.29, 0.717) is 38.4 Å². The lowest BCUT2D eigenvalue weighted by Gasteiger charge is -2.26. The monoisotopic (exact) mass is 1010 g/mol. The maximum atomic E-state index is 12.2. The second-order valence-corrected chi connectivity index (χ2v) is 20.5. The number of ether oxygens (including phenoxy) is 4. The van der Waals surface area contributed by atoms with Crippen molar-refractivity contribution in [2.75, 3.05) is 26.4 Å². The summed E-state index contributed by atoms with van der Waals surface area (Å²) in [6.45, 7) is 27.7. The highest BCUT2D eigenvalue weighted by Gasteiger charge is 2.29. The standard InChI is InChI=1S/C30H54O2.C21H42O3.C7H14O2.2C3H8/c1-4-7-8-9-10-11-12-13-14-15-16-17-18-19-20-22-30(31)32-26-29(21-5-2)28(6-3)25-27-23-24-27;1-4-6-8-10-12-14-18-23-21(17-16-20(3)22)24-19-15-13-11-9-7-5-2;1-3-4-5-6-9-7(2)8;2*1-3-2/h10-11,13-14,27-29H,4-9,12,15-26H2,1-3H3;21H,4-19H2,1-3H3;3-6H2,1-2H3;2*3H2,1-2H3/b11-10-,14-13-;;;;. The number of carbonyl (C=O) groups is 3. The normalized spacial score (nSPS) is 12.7. The van der Waals surface area contributed by atoms with E-state index in [-0.39, 0.29) is 24.0 Å². The lowest BCUT2D eigenvalue weighted by Crippen LogP contribution is -2.22. The first-order valence-electron chi connectivity index (χ1n) is 30.8. The SMILES string of the molecule is CCC.CCC.CCCCC/C=C\C/C=C\CCCCCCCC(=O)OCC(CCC)C(CC)CC1CC1.CCCCCCCCOC(CCC(C)=O)OCCCCCCCC.CCCCCOC(C)=O. The largest absolute Gasteiger partial charge is 0.466 e. The predicted octanol–water partition coefficient (Wildman–Crippen LogP) is 20.6. The zero-order valence-electron chi connectivity index (χ0n) is 50.0. The fourth-order valence-electron chi connectivity index (χ4n) is 7.95. The fourth-order valence-corrected chi connectivity index (χ4v) is 7.95. The first kappa shape index (κ1) is 75.5. The summed E-state index contributed by atoms with van der Waals surface area (Å²) in [6.07, 6.45) is 53.0. The summed E-state index contributed by atoms with van der Waals surface area (Å²) in [7, 11) is 0. The van der Waals surface area contributed by atoms with Gasteiger partial charge >= 0.3 is 11.9 Å². The van der Waals surface area contributed by atoms with E-state index in [0.717, 1.165) is 70.0 Å². The molecule has 0 saturated heterocycles. The van der Waals surface area contributed by atoms with Crippen molar-refractivity contribution in [2.45, 2.75) is 327 Å². The molecule has 7 heteroatoms. The third-order valence-corrected chi connectivity index (χ3v) is 12.4. The van der Waals surface area contributed by atoms with Crippen LogP contribution >= 0.6 is 0 Å². The second-order valence-electron chi connectivity index (χ2n) is 20.5. The minimum Gasteiger partial charge on any atom is -0.466 e. The average Bonchev–Trinajstić information content (AvgIpc) is 4.18. The summed E-state index contributed by atoms with van der Waals surface area (Å²) in [4.78, 5) is 33.6. The summed E-state index contributed by atoms with van der Waals surface area (Å²) in [6, 6.07) is 0. The highest BCUT2D eigenvalue weighted by Crippen LogP contribution is 2.39. The molecule has 0 aliphatic heterocycles. The second kappa shape index (κ2) is 66.0. The van der Waals surface area contributed by atoms with E-state index in [2.05, 4.69) is 93.5 Å². The maximum absolute atomic E-state index is 12.2. The molecule has 1 saturated carbocycles. The van der Waals surface area contributed by atoms with E-state index < -0.39 is 0 Å². The van der Waals surface area contributed by atoms with Crippen molar-refractivity contribution in [1.82, 2.24) is 0 Å². The minimum absolute atomic E-state index is 0.0260. The molecule has 0 heterocycles. The van der Waals surface area contributed by atoms with Gasteiger partial charge in [0.05, 0.1) is 13.2 Å². The topological polar surface area (TPSA) is 88.1 Å². The lowest BCUT2D eigenvalue weighted by atomic mass is 9.83. The molecular formula is C64H126O7. The molecule has 0 spiro atoms. The van der Waals surface area contributed by atoms with Crippen LogP contribution in [0.25, 0.3) is 0 Å². The molecule has 424 valence electrons. The van der Waals surface area contributed by atoms with Crippen molar-refractivity contribution in [3.8, 4) is 0 Å². The lowest BCUT2D eigenvalue weighted by molar-refractivity contribution is -0.150.